The number of rotatable bonds is 0. The van der Waals surface area contributed by atoms with Crippen molar-refractivity contribution in [1.82, 2.24) is 19.7 Å². The molecule has 0 fully saturated rings. The lowest BCUT2D eigenvalue weighted by atomic mass is 10.2. The second-order valence-electron chi connectivity index (χ2n) is 4.56. The van der Waals surface area contributed by atoms with Gasteiger partial charge in [0, 0.05) is 23.7 Å². The molecule has 3 rings (SSSR count). The van der Waals surface area contributed by atoms with Gasteiger partial charge in [-0.15, -0.1) is 10.2 Å². The molecule has 0 spiro atoms. The molecule has 1 aromatic carbocycles. The van der Waals surface area contributed by atoms with Crippen molar-refractivity contribution in [2.75, 3.05) is 6.54 Å². The number of nitrogens with zero attached hydrogens (tertiary/aromatic N) is 4. The zero-order valence-electron chi connectivity index (χ0n) is 11.0. The summed E-state index contributed by atoms with van der Waals surface area (Å²) in [5.41, 5.74) is 0.794. The van der Waals surface area contributed by atoms with Crippen LogP contribution < -0.4 is 0 Å². The highest BCUT2D eigenvalue weighted by atomic mass is 35.5. The Morgan fingerprint density at radius 3 is 2.90 bits per heavy atom. The fraction of sp³-hybridized carbons (Fsp3) is 0.214. The molecular formula is C14H11ClN4O2. The van der Waals surface area contributed by atoms with Crippen LogP contribution >= 0.6 is 11.6 Å². The average Bonchev–Trinajstić information content (AvgIpc) is 2.87. The highest BCUT2D eigenvalue weighted by Gasteiger charge is 2.23. The second-order valence-corrected chi connectivity index (χ2v) is 4.99. The lowest BCUT2D eigenvalue weighted by molar-refractivity contribution is 0.131. The molecule has 6 nitrogen and oxygen atoms in total. The van der Waals surface area contributed by atoms with E-state index in [2.05, 4.69) is 22.0 Å². The van der Waals surface area contributed by atoms with Gasteiger partial charge in [0.2, 0.25) is 5.82 Å². The summed E-state index contributed by atoms with van der Waals surface area (Å²) in [6.45, 7) is 1.15. The molecule has 106 valence electrons. The molecule has 1 amide bonds. The smallest absolute Gasteiger partial charge is 0.407 e. The van der Waals surface area contributed by atoms with Gasteiger partial charge >= 0.3 is 6.09 Å². The number of hydrogen-bond donors (Lipinski definition) is 1. The van der Waals surface area contributed by atoms with E-state index >= 15 is 0 Å². The summed E-state index contributed by atoms with van der Waals surface area (Å²) in [6, 6.07) is 7.25. The molecule has 1 aliphatic rings. The van der Waals surface area contributed by atoms with E-state index in [1.807, 2.05) is 16.7 Å². The molecule has 0 saturated heterocycles. The number of aromatic nitrogens is 3. The summed E-state index contributed by atoms with van der Waals surface area (Å²) in [7, 11) is 0. The predicted octanol–water partition coefficient (Wildman–Crippen LogP) is 1.82. The Balaban J connectivity index is 1.85. The third-order valence-electron chi connectivity index (χ3n) is 3.17. The quantitative estimate of drug-likeness (QED) is 0.754. The van der Waals surface area contributed by atoms with Crippen molar-refractivity contribution in [1.29, 1.82) is 0 Å². The van der Waals surface area contributed by atoms with Crippen molar-refractivity contribution in [3.05, 3.63) is 46.5 Å². The van der Waals surface area contributed by atoms with E-state index in [9.17, 15) is 4.79 Å². The van der Waals surface area contributed by atoms with Crippen molar-refractivity contribution in [2.24, 2.45) is 0 Å². The highest BCUT2D eigenvalue weighted by molar-refractivity contribution is 6.30. The van der Waals surface area contributed by atoms with Gasteiger partial charge in [0.25, 0.3) is 0 Å². The first-order valence-electron chi connectivity index (χ1n) is 6.31. The highest BCUT2D eigenvalue weighted by Crippen LogP contribution is 2.13. The van der Waals surface area contributed by atoms with E-state index in [1.165, 1.54) is 4.90 Å². The van der Waals surface area contributed by atoms with Crippen LogP contribution in [0.15, 0.2) is 24.3 Å². The van der Waals surface area contributed by atoms with Gasteiger partial charge in [-0.05, 0) is 24.1 Å². The molecule has 1 N–H and O–H groups in total. The Morgan fingerprint density at radius 1 is 1.29 bits per heavy atom. The maximum Gasteiger partial charge on any atom is 0.407 e. The standard InChI is InChI=1S/C14H11ClN4O2/c15-11-3-1-2-10(8-11)4-5-12-16-17-13-9-18(14(20)21)6-7-19(12)13/h1-3,8H,6-7,9H2,(H,20,21). The summed E-state index contributed by atoms with van der Waals surface area (Å²) >= 11 is 5.90. The molecular weight excluding hydrogens is 292 g/mol. The maximum atomic E-state index is 10.9. The Hall–Kier alpha value is -2.52. The lowest BCUT2D eigenvalue weighted by Crippen LogP contribution is -2.37. The van der Waals surface area contributed by atoms with Gasteiger partial charge in [-0.2, -0.15) is 0 Å². The van der Waals surface area contributed by atoms with E-state index < -0.39 is 6.09 Å². The van der Waals surface area contributed by atoms with Gasteiger partial charge in [-0.1, -0.05) is 23.6 Å². The number of benzene rings is 1. The van der Waals surface area contributed by atoms with Gasteiger partial charge in [0.15, 0.2) is 5.82 Å². The number of halogens is 1. The van der Waals surface area contributed by atoms with Crippen LogP contribution in [0.4, 0.5) is 4.79 Å². The van der Waals surface area contributed by atoms with Gasteiger partial charge < -0.3 is 9.67 Å². The Labute approximate surface area is 126 Å². The Bertz CT molecular complexity index is 760. The molecule has 2 aromatic rings. The van der Waals surface area contributed by atoms with Crippen molar-refractivity contribution in [2.45, 2.75) is 13.1 Å². The summed E-state index contributed by atoms with van der Waals surface area (Å²) in [4.78, 5) is 12.2. The third kappa shape index (κ3) is 2.83. The van der Waals surface area contributed by atoms with Crippen molar-refractivity contribution < 1.29 is 9.90 Å². The van der Waals surface area contributed by atoms with Crippen LogP contribution in [0.1, 0.15) is 17.2 Å². The van der Waals surface area contributed by atoms with Gasteiger partial charge in [-0.25, -0.2) is 4.79 Å². The van der Waals surface area contributed by atoms with Crippen LogP contribution in [0.3, 0.4) is 0 Å². The van der Waals surface area contributed by atoms with Gasteiger partial charge in [0.1, 0.15) is 0 Å². The number of fused-ring (bicyclic) bond motifs is 1. The average molecular weight is 303 g/mol. The monoisotopic (exact) mass is 302 g/mol. The van der Waals surface area contributed by atoms with Crippen LogP contribution in [0.2, 0.25) is 5.02 Å². The molecule has 0 radical (unpaired) electrons. The largest absolute Gasteiger partial charge is 0.465 e. The van der Waals surface area contributed by atoms with Crippen LogP contribution in [0.25, 0.3) is 0 Å². The predicted molar refractivity (Wildman–Crippen MR) is 75.9 cm³/mol. The second kappa shape index (κ2) is 5.46. The Morgan fingerprint density at radius 2 is 2.14 bits per heavy atom. The minimum Gasteiger partial charge on any atom is -0.465 e. The zero-order chi connectivity index (χ0) is 14.8. The fourth-order valence-corrected chi connectivity index (χ4v) is 2.30. The van der Waals surface area contributed by atoms with Crippen LogP contribution in [0.5, 0.6) is 0 Å². The van der Waals surface area contributed by atoms with E-state index in [4.69, 9.17) is 16.7 Å². The van der Waals surface area contributed by atoms with Crippen molar-refractivity contribution in [3.8, 4) is 11.8 Å². The lowest BCUT2D eigenvalue weighted by Gasteiger charge is -2.24. The van der Waals surface area contributed by atoms with Crippen molar-refractivity contribution >= 4 is 17.7 Å². The SMILES string of the molecule is O=C(O)N1CCn2c(C#Cc3cccc(Cl)c3)nnc2C1. The molecule has 0 aliphatic carbocycles. The molecule has 0 saturated carbocycles. The summed E-state index contributed by atoms with van der Waals surface area (Å²) in [5.74, 6) is 7.09. The number of carboxylic acid groups (broad SMARTS) is 1. The molecule has 7 heteroatoms. The molecule has 2 heterocycles. The first-order valence-corrected chi connectivity index (χ1v) is 6.69. The molecule has 1 aromatic heterocycles. The van der Waals surface area contributed by atoms with Gasteiger partial charge in [0.05, 0.1) is 6.54 Å². The molecule has 1 aliphatic heterocycles. The number of amides is 1. The van der Waals surface area contributed by atoms with Crippen LogP contribution in [-0.2, 0) is 13.1 Å². The summed E-state index contributed by atoms with van der Waals surface area (Å²) < 4.78 is 1.84. The van der Waals surface area contributed by atoms with E-state index in [-0.39, 0.29) is 6.54 Å². The summed E-state index contributed by atoms with van der Waals surface area (Å²) in [5, 5.41) is 17.6. The topological polar surface area (TPSA) is 71.2 Å². The van der Waals surface area contributed by atoms with Crippen molar-refractivity contribution in [3.63, 3.8) is 0 Å². The zero-order valence-corrected chi connectivity index (χ0v) is 11.7. The third-order valence-corrected chi connectivity index (χ3v) is 3.40. The first kappa shape index (κ1) is 13.5. The maximum absolute atomic E-state index is 10.9. The molecule has 0 bridgehead atoms. The normalized spacial score (nSPS) is 13.3. The first-order chi connectivity index (χ1) is 10.1. The van der Waals surface area contributed by atoms with E-state index in [1.54, 1.807) is 12.1 Å². The minimum atomic E-state index is -0.948. The molecule has 0 atom stereocenters. The summed E-state index contributed by atoms with van der Waals surface area (Å²) in [6.07, 6.45) is -0.948. The van der Waals surface area contributed by atoms with Crippen LogP contribution in [-0.4, -0.2) is 37.4 Å². The van der Waals surface area contributed by atoms with Gasteiger partial charge in [-0.3, -0.25) is 4.90 Å². The van der Waals surface area contributed by atoms with E-state index in [0.717, 1.165) is 5.56 Å². The number of carbonyl (C=O) groups is 1. The number of hydrogen-bond acceptors (Lipinski definition) is 3. The molecule has 21 heavy (non-hydrogen) atoms. The van der Waals surface area contributed by atoms with E-state index in [0.29, 0.717) is 29.8 Å². The minimum absolute atomic E-state index is 0.237. The van der Waals surface area contributed by atoms with Crippen LogP contribution in [0, 0.1) is 11.8 Å². The molecule has 0 unspecified atom stereocenters. The fourth-order valence-electron chi connectivity index (χ4n) is 2.11. The Kier molecular flexibility index (Phi) is 3.50.